The van der Waals surface area contributed by atoms with Crippen LogP contribution in [0.3, 0.4) is 0 Å². The first kappa shape index (κ1) is 24.4. The third-order valence-electron chi connectivity index (χ3n) is 6.47. The molecule has 1 saturated heterocycles. The number of hydrogen-bond acceptors (Lipinski definition) is 5. The van der Waals surface area contributed by atoms with Gasteiger partial charge in [0.2, 0.25) is 21.8 Å². The van der Waals surface area contributed by atoms with Gasteiger partial charge in [-0.3, -0.25) is 9.59 Å². The largest absolute Gasteiger partial charge is 0.377 e. The number of benzene rings is 2. The Bertz CT molecular complexity index is 1190. The Morgan fingerprint density at radius 1 is 1.18 bits per heavy atom. The second-order valence-electron chi connectivity index (χ2n) is 8.95. The lowest BCUT2D eigenvalue weighted by molar-refractivity contribution is -0.117. The van der Waals surface area contributed by atoms with E-state index in [1.807, 2.05) is 26.0 Å². The first-order chi connectivity index (χ1) is 16.2. The minimum absolute atomic E-state index is 0.0718. The Morgan fingerprint density at radius 3 is 2.76 bits per heavy atom. The number of sulfonamides is 1. The summed E-state index contributed by atoms with van der Waals surface area (Å²) in [6.07, 6.45) is 3.03. The number of amides is 2. The fourth-order valence-corrected chi connectivity index (χ4v) is 5.84. The number of aryl methyl sites for hydroxylation is 2. The monoisotopic (exact) mass is 485 g/mol. The lowest BCUT2D eigenvalue weighted by Gasteiger charge is -2.25. The van der Waals surface area contributed by atoms with E-state index in [9.17, 15) is 18.0 Å². The van der Waals surface area contributed by atoms with Crippen molar-refractivity contribution in [2.75, 3.05) is 30.3 Å². The number of ether oxygens (including phenoxy) is 1. The number of rotatable bonds is 7. The van der Waals surface area contributed by atoms with Gasteiger partial charge in [0, 0.05) is 30.9 Å². The van der Waals surface area contributed by atoms with Gasteiger partial charge < -0.3 is 15.4 Å². The zero-order chi connectivity index (χ0) is 24.3. The smallest absolute Gasteiger partial charge is 0.243 e. The van der Waals surface area contributed by atoms with Crippen LogP contribution in [0.5, 0.6) is 0 Å². The van der Waals surface area contributed by atoms with Gasteiger partial charge in [0.25, 0.3) is 0 Å². The number of fused-ring (bicyclic) bond motifs is 1. The molecule has 34 heavy (non-hydrogen) atoms. The fraction of sp³-hybridized carbons (Fsp3) is 0.440. The molecule has 0 radical (unpaired) electrons. The van der Waals surface area contributed by atoms with Gasteiger partial charge in [0.1, 0.15) is 0 Å². The molecule has 2 heterocycles. The standard InChI is InChI=1S/C25H31N3O5S/c1-17-6-3-9-22(18(17)2)26-25(30)16-28(15-20-8-5-13-33-20)34(31,32)21-11-12-23-19(14-21)7-4-10-24(29)27-23/h3,6,9,11-12,14,20H,4-5,7-8,10,13,15-16H2,1-2H3,(H,26,30)(H,27,29). The number of nitrogens with zero attached hydrogens (tertiary/aromatic N) is 1. The van der Waals surface area contributed by atoms with E-state index >= 15 is 0 Å². The molecule has 2 aliphatic rings. The van der Waals surface area contributed by atoms with E-state index in [0.29, 0.717) is 37.2 Å². The van der Waals surface area contributed by atoms with Crippen LogP contribution in [-0.2, 0) is 30.8 Å². The van der Waals surface area contributed by atoms with Crippen LogP contribution in [-0.4, -0.2) is 50.3 Å². The summed E-state index contributed by atoms with van der Waals surface area (Å²) in [5.74, 6) is -0.477. The molecule has 1 atom stereocenters. The molecule has 0 aromatic heterocycles. The minimum Gasteiger partial charge on any atom is -0.377 e. The predicted octanol–water partition coefficient (Wildman–Crippen LogP) is 3.39. The highest BCUT2D eigenvalue weighted by atomic mass is 32.2. The van der Waals surface area contributed by atoms with Crippen LogP contribution in [0.25, 0.3) is 0 Å². The third kappa shape index (κ3) is 5.48. The Morgan fingerprint density at radius 2 is 2.00 bits per heavy atom. The molecular formula is C25H31N3O5S. The summed E-state index contributed by atoms with van der Waals surface area (Å²) in [4.78, 5) is 24.9. The summed E-state index contributed by atoms with van der Waals surface area (Å²) < 4.78 is 34.2. The molecule has 2 amide bonds. The van der Waals surface area contributed by atoms with Gasteiger partial charge in [-0.2, -0.15) is 4.31 Å². The van der Waals surface area contributed by atoms with E-state index in [-0.39, 0.29) is 30.0 Å². The third-order valence-corrected chi connectivity index (χ3v) is 8.28. The van der Waals surface area contributed by atoms with Crippen LogP contribution in [0.15, 0.2) is 41.3 Å². The van der Waals surface area contributed by atoms with E-state index in [1.165, 1.54) is 10.4 Å². The first-order valence-electron chi connectivity index (χ1n) is 11.6. The van der Waals surface area contributed by atoms with Crippen molar-refractivity contribution in [1.29, 1.82) is 0 Å². The Labute approximate surface area is 200 Å². The molecule has 1 fully saturated rings. The summed E-state index contributed by atoms with van der Waals surface area (Å²) in [6, 6.07) is 10.4. The summed E-state index contributed by atoms with van der Waals surface area (Å²) in [5, 5.41) is 5.69. The lowest BCUT2D eigenvalue weighted by Crippen LogP contribution is -2.42. The molecular weight excluding hydrogens is 454 g/mol. The average Bonchev–Trinajstić information content (AvgIpc) is 3.23. The van der Waals surface area contributed by atoms with Gasteiger partial charge in [-0.05, 0) is 80.5 Å². The highest BCUT2D eigenvalue weighted by molar-refractivity contribution is 7.89. The number of hydrogen-bond donors (Lipinski definition) is 2. The van der Waals surface area contributed by atoms with E-state index in [0.717, 1.165) is 29.5 Å². The van der Waals surface area contributed by atoms with Crippen molar-refractivity contribution in [3.05, 3.63) is 53.1 Å². The second kappa shape index (κ2) is 10.2. The molecule has 4 rings (SSSR count). The molecule has 182 valence electrons. The van der Waals surface area contributed by atoms with Gasteiger partial charge in [-0.25, -0.2) is 8.42 Å². The Kier molecular flexibility index (Phi) is 7.35. The zero-order valence-electron chi connectivity index (χ0n) is 19.6. The molecule has 0 bridgehead atoms. The van der Waals surface area contributed by atoms with Crippen molar-refractivity contribution in [3.63, 3.8) is 0 Å². The Balaban J connectivity index is 1.59. The molecule has 0 spiro atoms. The van der Waals surface area contributed by atoms with Gasteiger partial charge in [0.15, 0.2) is 0 Å². The molecule has 2 N–H and O–H groups in total. The van der Waals surface area contributed by atoms with Crippen molar-refractivity contribution in [1.82, 2.24) is 4.31 Å². The number of anilines is 2. The van der Waals surface area contributed by atoms with Crippen LogP contribution >= 0.6 is 0 Å². The van der Waals surface area contributed by atoms with Gasteiger partial charge in [-0.15, -0.1) is 0 Å². The average molecular weight is 486 g/mol. The first-order valence-corrected chi connectivity index (χ1v) is 13.1. The van der Waals surface area contributed by atoms with Crippen molar-refractivity contribution in [2.45, 2.75) is 57.0 Å². The second-order valence-corrected chi connectivity index (χ2v) is 10.9. The van der Waals surface area contributed by atoms with Gasteiger partial charge >= 0.3 is 0 Å². The lowest BCUT2D eigenvalue weighted by atomic mass is 10.1. The maximum absolute atomic E-state index is 13.7. The van der Waals surface area contributed by atoms with Crippen molar-refractivity contribution in [3.8, 4) is 0 Å². The molecule has 2 aromatic carbocycles. The highest BCUT2D eigenvalue weighted by Gasteiger charge is 2.31. The zero-order valence-corrected chi connectivity index (χ0v) is 20.4. The van der Waals surface area contributed by atoms with E-state index in [4.69, 9.17) is 4.74 Å². The molecule has 1 unspecified atom stereocenters. The molecule has 2 aromatic rings. The highest BCUT2D eigenvalue weighted by Crippen LogP contribution is 2.28. The van der Waals surface area contributed by atoms with Gasteiger partial charge in [0.05, 0.1) is 17.5 Å². The topological polar surface area (TPSA) is 105 Å². The molecule has 0 saturated carbocycles. The molecule has 8 nitrogen and oxygen atoms in total. The normalized spacial score (nSPS) is 18.3. The summed E-state index contributed by atoms with van der Waals surface area (Å²) in [6.45, 7) is 4.26. The maximum atomic E-state index is 13.7. The van der Waals surface area contributed by atoms with Crippen molar-refractivity contribution >= 4 is 33.2 Å². The quantitative estimate of drug-likeness (QED) is 0.626. The van der Waals surface area contributed by atoms with E-state index in [2.05, 4.69) is 10.6 Å². The fourth-order valence-electron chi connectivity index (χ4n) is 4.36. The maximum Gasteiger partial charge on any atom is 0.243 e. The van der Waals surface area contributed by atoms with E-state index < -0.39 is 15.9 Å². The SMILES string of the molecule is Cc1cccc(NC(=O)CN(CC2CCCO2)S(=O)(=O)c2ccc3c(c2)CCCC(=O)N3)c1C. The van der Waals surface area contributed by atoms with Crippen LogP contribution in [0.1, 0.15) is 42.4 Å². The molecule has 2 aliphatic heterocycles. The van der Waals surface area contributed by atoms with Crippen LogP contribution in [0, 0.1) is 13.8 Å². The van der Waals surface area contributed by atoms with Crippen LogP contribution in [0.4, 0.5) is 11.4 Å². The van der Waals surface area contributed by atoms with Crippen molar-refractivity contribution in [2.24, 2.45) is 0 Å². The van der Waals surface area contributed by atoms with Crippen molar-refractivity contribution < 1.29 is 22.7 Å². The van der Waals surface area contributed by atoms with Crippen LogP contribution < -0.4 is 10.6 Å². The summed E-state index contributed by atoms with van der Waals surface area (Å²) in [7, 11) is -3.97. The number of carbonyl (C=O) groups excluding carboxylic acids is 2. The molecule has 0 aliphatic carbocycles. The minimum atomic E-state index is -3.97. The van der Waals surface area contributed by atoms with E-state index in [1.54, 1.807) is 18.2 Å². The summed E-state index contributed by atoms with van der Waals surface area (Å²) in [5.41, 5.74) is 4.07. The molecule has 9 heteroatoms. The summed E-state index contributed by atoms with van der Waals surface area (Å²) >= 11 is 0. The number of carbonyl (C=O) groups is 2. The Hall–Kier alpha value is -2.75. The van der Waals surface area contributed by atoms with Gasteiger partial charge in [-0.1, -0.05) is 12.1 Å². The number of nitrogens with one attached hydrogen (secondary N) is 2. The van der Waals surface area contributed by atoms with Crippen LogP contribution in [0.2, 0.25) is 0 Å². The predicted molar refractivity (Wildman–Crippen MR) is 130 cm³/mol.